The number of hydrogen-bond acceptors (Lipinski definition) is 4. The van der Waals surface area contributed by atoms with Gasteiger partial charge in [0.2, 0.25) is 0 Å². The van der Waals surface area contributed by atoms with E-state index in [0.717, 1.165) is 28.0 Å². The Hall–Kier alpha value is -1.85. The van der Waals surface area contributed by atoms with Gasteiger partial charge >= 0.3 is 0 Å². The first kappa shape index (κ1) is 18.5. The van der Waals surface area contributed by atoms with Crippen LogP contribution in [0.25, 0.3) is 10.9 Å². The highest BCUT2D eigenvalue weighted by Crippen LogP contribution is 2.30. The molecule has 0 fully saturated rings. The number of aromatic nitrogens is 1. The number of aliphatic hydroxyl groups excluding tert-OH is 1. The lowest BCUT2D eigenvalue weighted by molar-refractivity contribution is 0.265. The predicted molar refractivity (Wildman–Crippen MR) is 99.3 cm³/mol. The van der Waals surface area contributed by atoms with Gasteiger partial charge in [-0.15, -0.1) is 12.4 Å². The van der Waals surface area contributed by atoms with E-state index < -0.39 is 0 Å². The van der Waals surface area contributed by atoms with Gasteiger partial charge in [-0.3, -0.25) is 4.98 Å². The van der Waals surface area contributed by atoms with Crippen LogP contribution in [0.4, 0.5) is 0 Å². The number of nitrogens with two attached hydrogens (primary N) is 1. The fourth-order valence-electron chi connectivity index (χ4n) is 2.37. The van der Waals surface area contributed by atoms with Crippen LogP contribution in [-0.2, 0) is 6.42 Å². The minimum atomic E-state index is -0.240. The van der Waals surface area contributed by atoms with Crippen molar-refractivity contribution in [1.82, 2.24) is 4.98 Å². The van der Waals surface area contributed by atoms with Crippen molar-refractivity contribution in [3.63, 3.8) is 0 Å². The van der Waals surface area contributed by atoms with E-state index in [1.165, 1.54) is 0 Å². The van der Waals surface area contributed by atoms with Crippen LogP contribution in [0.3, 0.4) is 0 Å². The number of hydrogen-bond donors (Lipinski definition) is 2. The lowest BCUT2D eigenvalue weighted by atomic mass is 10.1. The minimum absolute atomic E-state index is 0. The molecule has 1 heterocycles. The lowest BCUT2D eigenvalue weighted by Gasteiger charge is -2.11. The molecule has 4 nitrogen and oxygen atoms in total. The van der Waals surface area contributed by atoms with Crippen molar-refractivity contribution in [2.24, 2.45) is 5.73 Å². The van der Waals surface area contributed by atoms with Crippen molar-refractivity contribution in [1.29, 1.82) is 0 Å². The largest absolute Gasteiger partial charge is 0.457 e. The van der Waals surface area contributed by atoms with E-state index in [0.29, 0.717) is 11.4 Å². The Bertz CT molecular complexity index is 810. The fourth-order valence-corrected chi connectivity index (χ4v) is 2.54. The second-order valence-electron chi connectivity index (χ2n) is 5.36. The van der Waals surface area contributed by atoms with Crippen molar-refractivity contribution in [2.45, 2.75) is 12.5 Å². The molecule has 3 N–H and O–H groups in total. The molecule has 1 unspecified atom stereocenters. The van der Waals surface area contributed by atoms with Crippen LogP contribution in [0.1, 0.15) is 5.56 Å². The van der Waals surface area contributed by atoms with E-state index in [1.807, 2.05) is 48.5 Å². The third kappa shape index (κ3) is 4.36. The first-order valence-electron chi connectivity index (χ1n) is 7.33. The maximum absolute atomic E-state index is 9.00. The second-order valence-corrected chi connectivity index (χ2v) is 5.80. The van der Waals surface area contributed by atoms with Crippen LogP contribution in [0.15, 0.2) is 54.7 Å². The molecule has 0 bridgehead atoms. The summed E-state index contributed by atoms with van der Waals surface area (Å²) in [6, 6.07) is 14.8. The number of fused-ring (bicyclic) bond motifs is 1. The zero-order valence-corrected chi connectivity index (χ0v) is 14.4. The van der Waals surface area contributed by atoms with E-state index in [-0.39, 0.29) is 25.1 Å². The van der Waals surface area contributed by atoms with Crippen molar-refractivity contribution in [3.8, 4) is 11.5 Å². The number of pyridine rings is 1. The molecule has 1 atom stereocenters. The summed E-state index contributed by atoms with van der Waals surface area (Å²) in [4.78, 5) is 4.30. The van der Waals surface area contributed by atoms with Gasteiger partial charge in [-0.1, -0.05) is 23.7 Å². The Kier molecular flexibility index (Phi) is 6.40. The zero-order valence-electron chi connectivity index (χ0n) is 12.9. The Morgan fingerprint density at radius 2 is 1.88 bits per heavy atom. The Morgan fingerprint density at radius 1 is 1.12 bits per heavy atom. The SMILES string of the molecule is Cl.NC(CO)Cc1ccc(Oc2ccnc3cc(Cl)ccc23)cc1. The van der Waals surface area contributed by atoms with E-state index in [4.69, 9.17) is 27.2 Å². The maximum Gasteiger partial charge on any atom is 0.138 e. The van der Waals surface area contributed by atoms with Gasteiger partial charge in [-0.2, -0.15) is 0 Å². The van der Waals surface area contributed by atoms with Crippen LogP contribution >= 0.6 is 24.0 Å². The van der Waals surface area contributed by atoms with Crippen molar-refractivity contribution in [2.75, 3.05) is 6.61 Å². The summed E-state index contributed by atoms with van der Waals surface area (Å²) in [5, 5.41) is 10.6. The van der Waals surface area contributed by atoms with Gasteiger partial charge in [0.15, 0.2) is 0 Å². The smallest absolute Gasteiger partial charge is 0.138 e. The third-order valence-electron chi connectivity index (χ3n) is 3.55. The minimum Gasteiger partial charge on any atom is -0.457 e. The van der Waals surface area contributed by atoms with Gasteiger partial charge in [0.25, 0.3) is 0 Å². The molecule has 0 aliphatic rings. The molecule has 0 radical (unpaired) electrons. The molecule has 24 heavy (non-hydrogen) atoms. The third-order valence-corrected chi connectivity index (χ3v) is 3.78. The normalized spacial score (nSPS) is 11.8. The molecular formula is C18H18Cl2N2O2. The Labute approximate surface area is 151 Å². The number of rotatable bonds is 5. The van der Waals surface area contributed by atoms with Crippen LogP contribution in [-0.4, -0.2) is 22.7 Å². The highest BCUT2D eigenvalue weighted by atomic mass is 35.5. The molecule has 6 heteroatoms. The van der Waals surface area contributed by atoms with E-state index in [1.54, 1.807) is 6.20 Å². The van der Waals surface area contributed by atoms with Gasteiger partial charge < -0.3 is 15.6 Å². The first-order chi connectivity index (χ1) is 11.2. The molecule has 0 saturated carbocycles. The molecular weight excluding hydrogens is 347 g/mol. The van der Waals surface area contributed by atoms with Crippen molar-refractivity contribution >= 4 is 34.9 Å². The van der Waals surface area contributed by atoms with Crippen LogP contribution in [0.5, 0.6) is 11.5 Å². The summed E-state index contributed by atoms with van der Waals surface area (Å²) in [7, 11) is 0. The standard InChI is InChI=1S/C18H17ClN2O2.ClH/c19-13-3-6-16-17(10-13)21-8-7-18(16)23-15-4-1-12(2-5-15)9-14(20)11-22;/h1-8,10,14,22H,9,11,20H2;1H. The monoisotopic (exact) mass is 364 g/mol. The quantitative estimate of drug-likeness (QED) is 0.718. The number of aliphatic hydroxyl groups is 1. The lowest BCUT2D eigenvalue weighted by Crippen LogP contribution is -2.26. The van der Waals surface area contributed by atoms with Crippen LogP contribution in [0.2, 0.25) is 5.02 Å². The average molecular weight is 365 g/mol. The van der Waals surface area contributed by atoms with Crippen molar-refractivity contribution < 1.29 is 9.84 Å². The van der Waals surface area contributed by atoms with E-state index in [2.05, 4.69) is 4.98 Å². The zero-order chi connectivity index (χ0) is 16.2. The Morgan fingerprint density at radius 3 is 2.58 bits per heavy atom. The first-order valence-corrected chi connectivity index (χ1v) is 7.71. The van der Waals surface area contributed by atoms with Gasteiger partial charge in [0, 0.05) is 22.6 Å². The average Bonchev–Trinajstić information content (AvgIpc) is 2.56. The molecule has 0 spiro atoms. The molecule has 0 amide bonds. The summed E-state index contributed by atoms with van der Waals surface area (Å²) in [5.41, 5.74) is 7.59. The molecule has 2 aromatic carbocycles. The van der Waals surface area contributed by atoms with Crippen molar-refractivity contribution in [3.05, 3.63) is 65.3 Å². The molecule has 3 rings (SSSR count). The molecule has 1 aromatic heterocycles. The van der Waals surface area contributed by atoms with E-state index in [9.17, 15) is 0 Å². The van der Waals surface area contributed by atoms with Gasteiger partial charge in [-0.25, -0.2) is 0 Å². The summed E-state index contributed by atoms with van der Waals surface area (Å²) in [6.07, 6.45) is 2.33. The summed E-state index contributed by atoms with van der Waals surface area (Å²) in [5.74, 6) is 1.46. The number of benzene rings is 2. The van der Waals surface area contributed by atoms with Crippen LogP contribution in [0, 0.1) is 0 Å². The van der Waals surface area contributed by atoms with Gasteiger partial charge in [0.05, 0.1) is 12.1 Å². The molecule has 0 aliphatic heterocycles. The number of halogens is 2. The topological polar surface area (TPSA) is 68.4 Å². The summed E-state index contributed by atoms with van der Waals surface area (Å²) in [6.45, 7) is -0.0240. The highest BCUT2D eigenvalue weighted by Gasteiger charge is 2.06. The molecule has 0 saturated heterocycles. The van der Waals surface area contributed by atoms with Gasteiger partial charge in [-0.05, 0) is 48.4 Å². The Balaban J connectivity index is 0.00000208. The molecule has 3 aromatic rings. The molecule has 126 valence electrons. The fraction of sp³-hybridized carbons (Fsp3) is 0.167. The molecule has 0 aliphatic carbocycles. The van der Waals surface area contributed by atoms with E-state index >= 15 is 0 Å². The number of nitrogens with zero attached hydrogens (tertiary/aromatic N) is 1. The highest BCUT2D eigenvalue weighted by molar-refractivity contribution is 6.31. The second kappa shape index (κ2) is 8.31. The summed E-state index contributed by atoms with van der Waals surface area (Å²) < 4.78 is 5.95. The predicted octanol–water partition coefficient (Wildman–Crippen LogP) is 3.96. The summed E-state index contributed by atoms with van der Waals surface area (Å²) >= 11 is 5.99. The van der Waals surface area contributed by atoms with Crippen LogP contribution < -0.4 is 10.5 Å². The number of ether oxygens (including phenoxy) is 1. The maximum atomic E-state index is 9.00. The van der Waals surface area contributed by atoms with Gasteiger partial charge in [0.1, 0.15) is 11.5 Å².